The van der Waals surface area contributed by atoms with Crippen LogP contribution in [0.25, 0.3) is 0 Å². The van der Waals surface area contributed by atoms with E-state index in [9.17, 15) is 4.79 Å². The molecule has 18 heavy (non-hydrogen) atoms. The maximum absolute atomic E-state index is 11.7. The summed E-state index contributed by atoms with van der Waals surface area (Å²) in [6.45, 7) is 10.5. The average Bonchev–Trinajstić information content (AvgIpc) is 2.29. The lowest BCUT2D eigenvalue weighted by Crippen LogP contribution is -2.51. The molecule has 0 aromatic heterocycles. The van der Waals surface area contributed by atoms with Crippen LogP contribution in [-0.2, 0) is 14.3 Å². The van der Waals surface area contributed by atoms with E-state index in [2.05, 4.69) is 18.7 Å². The quantitative estimate of drug-likeness (QED) is 0.627. The molecule has 0 amide bonds. The first-order valence-electron chi connectivity index (χ1n) is 6.58. The van der Waals surface area contributed by atoms with Crippen molar-refractivity contribution in [1.82, 2.24) is 4.90 Å². The van der Waals surface area contributed by atoms with Crippen LogP contribution in [0, 0.1) is 0 Å². The van der Waals surface area contributed by atoms with Crippen LogP contribution in [0.5, 0.6) is 0 Å². The van der Waals surface area contributed by atoms with Crippen molar-refractivity contribution in [3.8, 4) is 0 Å². The zero-order chi connectivity index (χ0) is 14.2. The van der Waals surface area contributed by atoms with Crippen LogP contribution in [0.1, 0.15) is 34.1 Å². The minimum absolute atomic E-state index is 0.213. The van der Waals surface area contributed by atoms with Gasteiger partial charge < -0.3 is 15.2 Å². The molecule has 5 nitrogen and oxygen atoms in total. The Balaban J connectivity index is 4.41. The molecule has 5 heteroatoms. The summed E-state index contributed by atoms with van der Waals surface area (Å²) in [6.07, 6.45) is 0.573. The average molecular weight is 260 g/mol. The Morgan fingerprint density at radius 3 is 2.50 bits per heavy atom. The highest BCUT2D eigenvalue weighted by Crippen LogP contribution is 2.15. The van der Waals surface area contributed by atoms with E-state index in [0.717, 1.165) is 13.1 Å². The van der Waals surface area contributed by atoms with Gasteiger partial charge in [0, 0.05) is 19.7 Å². The van der Waals surface area contributed by atoms with Crippen molar-refractivity contribution in [2.24, 2.45) is 5.73 Å². The number of carbonyl (C=O) groups excluding carboxylic acids is 1. The molecule has 0 fully saturated rings. The monoisotopic (exact) mass is 260 g/mol. The lowest BCUT2D eigenvalue weighted by atomic mass is 9.94. The normalized spacial score (nSPS) is 16.4. The van der Waals surface area contributed by atoms with Crippen LogP contribution in [0.15, 0.2) is 0 Å². The number of carbonyl (C=O) groups is 1. The Hall–Kier alpha value is -0.650. The van der Waals surface area contributed by atoms with Gasteiger partial charge in [0.2, 0.25) is 0 Å². The van der Waals surface area contributed by atoms with Crippen molar-refractivity contribution >= 4 is 5.97 Å². The molecule has 0 radical (unpaired) electrons. The molecule has 0 heterocycles. The number of hydrogen-bond acceptors (Lipinski definition) is 5. The number of nitrogens with two attached hydrogens (primary N) is 1. The Bertz CT molecular complexity index is 244. The second-order valence-electron chi connectivity index (χ2n) is 4.81. The fourth-order valence-corrected chi connectivity index (χ4v) is 2.02. The van der Waals surface area contributed by atoms with E-state index in [1.54, 1.807) is 21.0 Å². The maximum atomic E-state index is 11.7. The van der Waals surface area contributed by atoms with Gasteiger partial charge in [-0.2, -0.15) is 0 Å². The number of esters is 1. The summed E-state index contributed by atoms with van der Waals surface area (Å²) in [5, 5.41) is 0. The molecule has 0 aliphatic rings. The molecule has 108 valence electrons. The molecule has 0 rings (SSSR count). The minimum atomic E-state index is -0.935. The van der Waals surface area contributed by atoms with Crippen LogP contribution in [-0.4, -0.2) is 55.9 Å². The third-order valence-electron chi connectivity index (χ3n) is 3.07. The molecule has 0 bridgehead atoms. The number of hydrogen-bond donors (Lipinski definition) is 1. The topological polar surface area (TPSA) is 64.8 Å². The summed E-state index contributed by atoms with van der Waals surface area (Å²) >= 11 is 0. The third kappa shape index (κ3) is 5.80. The van der Waals surface area contributed by atoms with Gasteiger partial charge >= 0.3 is 5.97 Å². The van der Waals surface area contributed by atoms with E-state index in [1.807, 2.05) is 0 Å². The molecule has 0 aliphatic heterocycles. The Kier molecular flexibility index (Phi) is 8.15. The lowest BCUT2D eigenvalue weighted by molar-refractivity contribution is -0.149. The second kappa shape index (κ2) is 8.45. The van der Waals surface area contributed by atoms with Crippen molar-refractivity contribution in [3.63, 3.8) is 0 Å². The fraction of sp³-hybridized carbons (Fsp3) is 0.923. The molecule has 2 unspecified atom stereocenters. The molecule has 0 aromatic rings. The van der Waals surface area contributed by atoms with E-state index in [1.165, 1.54) is 0 Å². The first-order valence-corrected chi connectivity index (χ1v) is 6.58. The van der Waals surface area contributed by atoms with E-state index in [-0.39, 0.29) is 12.0 Å². The number of methoxy groups -OCH3 is 1. The molecular formula is C13H28N2O3. The summed E-state index contributed by atoms with van der Waals surface area (Å²) in [4.78, 5) is 14.0. The largest absolute Gasteiger partial charge is 0.465 e. The number of ether oxygens (including phenoxy) is 2. The van der Waals surface area contributed by atoms with Gasteiger partial charge in [-0.15, -0.1) is 0 Å². The van der Waals surface area contributed by atoms with Crippen LogP contribution < -0.4 is 5.73 Å². The highest BCUT2D eigenvalue weighted by atomic mass is 16.5. The third-order valence-corrected chi connectivity index (χ3v) is 3.07. The van der Waals surface area contributed by atoms with Crippen LogP contribution in [0.2, 0.25) is 0 Å². The highest BCUT2D eigenvalue weighted by molar-refractivity contribution is 5.80. The van der Waals surface area contributed by atoms with E-state index in [4.69, 9.17) is 15.2 Å². The van der Waals surface area contributed by atoms with Gasteiger partial charge in [-0.3, -0.25) is 9.69 Å². The van der Waals surface area contributed by atoms with Crippen molar-refractivity contribution in [2.75, 3.05) is 33.4 Å². The molecule has 0 spiro atoms. The van der Waals surface area contributed by atoms with Crippen molar-refractivity contribution in [1.29, 1.82) is 0 Å². The molecule has 0 saturated carbocycles. The first-order chi connectivity index (χ1) is 8.38. The summed E-state index contributed by atoms with van der Waals surface area (Å²) in [5.41, 5.74) is 5.10. The van der Waals surface area contributed by atoms with E-state index < -0.39 is 5.54 Å². The van der Waals surface area contributed by atoms with Gasteiger partial charge in [0.25, 0.3) is 0 Å². The predicted octanol–water partition coefficient (Wildman–Crippen LogP) is 1.01. The molecule has 0 aromatic carbocycles. The van der Waals surface area contributed by atoms with Crippen LogP contribution >= 0.6 is 0 Å². The number of nitrogens with zero attached hydrogens (tertiary/aromatic N) is 1. The molecule has 2 atom stereocenters. The van der Waals surface area contributed by atoms with Gasteiger partial charge in [0.15, 0.2) is 0 Å². The van der Waals surface area contributed by atoms with Crippen molar-refractivity contribution in [2.45, 2.75) is 45.7 Å². The van der Waals surface area contributed by atoms with Crippen molar-refractivity contribution in [3.05, 3.63) is 0 Å². The van der Waals surface area contributed by atoms with E-state index in [0.29, 0.717) is 19.6 Å². The van der Waals surface area contributed by atoms with Gasteiger partial charge in [-0.05, 0) is 33.7 Å². The summed E-state index contributed by atoms with van der Waals surface area (Å²) in [5.74, 6) is -0.334. The fourth-order valence-electron chi connectivity index (χ4n) is 2.02. The SMILES string of the molecule is CCOC(=O)C(C)(N)CC(C)N(CC)CCOC. The Morgan fingerprint density at radius 1 is 1.44 bits per heavy atom. The predicted molar refractivity (Wildman–Crippen MR) is 72.4 cm³/mol. The second-order valence-corrected chi connectivity index (χ2v) is 4.81. The van der Waals surface area contributed by atoms with Gasteiger partial charge in [0.05, 0.1) is 13.2 Å². The first kappa shape index (κ1) is 17.4. The van der Waals surface area contributed by atoms with Crippen molar-refractivity contribution < 1.29 is 14.3 Å². The molecular weight excluding hydrogens is 232 g/mol. The minimum Gasteiger partial charge on any atom is -0.465 e. The van der Waals surface area contributed by atoms with Gasteiger partial charge in [-0.25, -0.2) is 0 Å². The lowest BCUT2D eigenvalue weighted by Gasteiger charge is -2.32. The Morgan fingerprint density at radius 2 is 2.06 bits per heavy atom. The molecule has 0 aliphatic carbocycles. The van der Waals surface area contributed by atoms with Crippen LogP contribution in [0.4, 0.5) is 0 Å². The number of rotatable bonds is 9. The maximum Gasteiger partial charge on any atom is 0.325 e. The highest BCUT2D eigenvalue weighted by Gasteiger charge is 2.33. The number of likely N-dealkylation sites (N-methyl/N-ethyl adjacent to an activating group) is 1. The standard InChI is InChI=1S/C13H28N2O3/c1-6-15(8-9-17-5)11(3)10-13(4,14)12(16)18-7-2/h11H,6-10,14H2,1-5H3. The molecule has 0 saturated heterocycles. The van der Waals surface area contributed by atoms with Gasteiger partial charge in [0.1, 0.15) is 5.54 Å². The summed E-state index contributed by atoms with van der Waals surface area (Å²) < 4.78 is 10.1. The summed E-state index contributed by atoms with van der Waals surface area (Å²) in [7, 11) is 1.68. The van der Waals surface area contributed by atoms with Gasteiger partial charge in [-0.1, -0.05) is 6.92 Å². The summed E-state index contributed by atoms with van der Waals surface area (Å²) in [6, 6.07) is 0.213. The Labute approximate surface area is 111 Å². The zero-order valence-corrected chi connectivity index (χ0v) is 12.4. The van der Waals surface area contributed by atoms with Crippen LogP contribution in [0.3, 0.4) is 0 Å². The smallest absolute Gasteiger partial charge is 0.325 e. The van der Waals surface area contributed by atoms with E-state index >= 15 is 0 Å². The molecule has 2 N–H and O–H groups in total. The zero-order valence-electron chi connectivity index (χ0n) is 12.4.